The van der Waals surface area contributed by atoms with E-state index in [4.69, 9.17) is 0 Å². The zero-order valence-electron chi connectivity index (χ0n) is 15.7. The van der Waals surface area contributed by atoms with Crippen molar-refractivity contribution in [2.45, 2.75) is 39.0 Å². The largest absolute Gasteiger partial charge is 0.356 e. The maximum Gasteiger partial charge on any atom is 0.225 e. The highest BCUT2D eigenvalue weighted by atomic mass is 15.4. The number of hydrogen-bond donors (Lipinski definition) is 1. The standard InChI is InChI=1S/C19H32N6/c1-16-5-3-6-17(15-16)7-10-23-18(20-2)24-11-13-25(14-12-24)19-21-8-4-9-22-19/h4,8-9,16-17H,3,5-7,10-15H2,1-2H3,(H,20,23). The van der Waals surface area contributed by atoms with Crippen LogP contribution in [0.5, 0.6) is 0 Å². The fourth-order valence-corrected chi connectivity index (χ4v) is 4.12. The molecule has 1 aliphatic carbocycles. The Labute approximate surface area is 151 Å². The summed E-state index contributed by atoms with van der Waals surface area (Å²) in [6.45, 7) is 7.22. The van der Waals surface area contributed by atoms with Gasteiger partial charge in [-0.2, -0.15) is 0 Å². The molecule has 25 heavy (non-hydrogen) atoms. The van der Waals surface area contributed by atoms with Crippen LogP contribution >= 0.6 is 0 Å². The molecule has 2 atom stereocenters. The van der Waals surface area contributed by atoms with E-state index >= 15 is 0 Å². The molecule has 138 valence electrons. The van der Waals surface area contributed by atoms with Gasteiger partial charge in [-0.05, 0) is 30.7 Å². The SMILES string of the molecule is CN=C(NCCC1CCCC(C)C1)N1CCN(c2ncccn2)CC1. The van der Waals surface area contributed by atoms with Crippen LogP contribution in [0.2, 0.25) is 0 Å². The van der Waals surface area contributed by atoms with Gasteiger partial charge in [-0.3, -0.25) is 4.99 Å². The molecule has 0 amide bonds. The Kier molecular flexibility index (Phi) is 6.48. The molecule has 0 spiro atoms. The molecular weight excluding hydrogens is 312 g/mol. The lowest BCUT2D eigenvalue weighted by atomic mass is 9.81. The molecular formula is C19H32N6. The van der Waals surface area contributed by atoms with Crippen LogP contribution in [0.1, 0.15) is 39.0 Å². The van der Waals surface area contributed by atoms with Crippen LogP contribution in [0.3, 0.4) is 0 Å². The van der Waals surface area contributed by atoms with E-state index in [9.17, 15) is 0 Å². The van der Waals surface area contributed by atoms with Crippen molar-refractivity contribution < 1.29 is 0 Å². The number of hydrogen-bond acceptors (Lipinski definition) is 4. The summed E-state index contributed by atoms with van der Waals surface area (Å²) >= 11 is 0. The minimum Gasteiger partial charge on any atom is -0.356 e. The number of guanidine groups is 1. The van der Waals surface area contributed by atoms with Crippen molar-refractivity contribution in [3.8, 4) is 0 Å². The van der Waals surface area contributed by atoms with Crippen LogP contribution in [0.25, 0.3) is 0 Å². The molecule has 0 bridgehead atoms. The van der Waals surface area contributed by atoms with E-state index in [2.05, 4.69) is 37.0 Å². The van der Waals surface area contributed by atoms with Crippen LogP contribution in [0.4, 0.5) is 5.95 Å². The van der Waals surface area contributed by atoms with Crippen molar-refractivity contribution in [2.75, 3.05) is 44.7 Å². The molecule has 6 heteroatoms. The van der Waals surface area contributed by atoms with Crippen LogP contribution in [-0.2, 0) is 0 Å². The average molecular weight is 345 g/mol. The smallest absolute Gasteiger partial charge is 0.225 e. The number of piperazine rings is 1. The number of nitrogens with one attached hydrogen (secondary N) is 1. The molecule has 0 aromatic carbocycles. The quantitative estimate of drug-likeness (QED) is 0.671. The van der Waals surface area contributed by atoms with Gasteiger partial charge in [-0.25, -0.2) is 9.97 Å². The highest BCUT2D eigenvalue weighted by Gasteiger charge is 2.22. The van der Waals surface area contributed by atoms with E-state index in [0.29, 0.717) is 0 Å². The fourth-order valence-electron chi connectivity index (χ4n) is 4.12. The van der Waals surface area contributed by atoms with E-state index in [1.165, 1.54) is 32.1 Å². The Morgan fingerprint density at radius 1 is 1.20 bits per heavy atom. The van der Waals surface area contributed by atoms with Crippen LogP contribution in [0, 0.1) is 11.8 Å². The summed E-state index contributed by atoms with van der Waals surface area (Å²) in [4.78, 5) is 17.8. The van der Waals surface area contributed by atoms with E-state index in [1.807, 2.05) is 13.1 Å². The van der Waals surface area contributed by atoms with Crippen molar-refractivity contribution in [1.82, 2.24) is 20.2 Å². The van der Waals surface area contributed by atoms with Crippen LogP contribution in [0.15, 0.2) is 23.5 Å². The van der Waals surface area contributed by atoms with Gasteiger partial charge in [0.05, 0.1) is 0 Å². The first kappa shape index (κ1) is 18.0. The maximum absolute atomic E-state index is 4.49. The second-order valence-corrected chi connectivity index (χ2v) is 7.42. The Morgan fingerprint density at radius 3 is 2.64 bits per heavy atom. The van der Waals surface area contributed by atoms with Crippen molar-refractivity contribution in [1.29, 1.82) is 0 Å². The van der Waals surface area contributed by atoms with Crippen molar-refractivity contribution in [3.63, 3.8) is 0 Å². The third kappa shape index (κ3) is 5.06. The van der Waals surface area contributed by atoms with E-state index in [-0.39, 0.29) is 0 Å². The Balaban J connectivity index is 1.42. The van der Waals surface area contributed by atoms with Crippen molar-refractivity contribution >= 4 is 11.9 Å². The average Bonchev–Trinajstić information content (AvgIpc) is 2.66. The minimum absolute atomic E-state index is 0.830. The summed E-state index contributed by atoms with van der Waals surface area (Å²) in [7, 11) is 1.89. The lowest BCUT2D eigenvalue weighted by Gasteiger charge is -2.36. The second kappa shape index (κ2) is 9.02. The lowest BCUT2D eigenvalue weighted by Crippen LogP contribution is -2.53. The normalized spacial score (nSPS) is 25.1. The minimum atomic E-state index is 0.830. The molecule has 1 saturated carbocycles. The lowest BCUT2D eigenvalue weighted by molar-refractivity contribution is 0.269. The molecule has 2 heterocycles. The number of rotatable bonds is 4. The van der Waals surface area contributed by atoms with Gasteiger partial charge in [-0.15, -0.1) is 0 Å². The zero-order valence-corrected chi connectivity index (χ0v) is 15.7. The fraction of sp³-hybridized carbons (Fsp3) is 0.737. The first-order valence-electron chi connectivity index (χ1n) is 9.74. The van der Waals surface area contributed by atoms with Gasteiger partial charge >= 0.3 is 0 Å². The molecule has 3 rings (SSSR count). The molecule has 0 radical (unpaired) electrons. The summed E-state index contributed by atoms with van der Waals surface area (Å²) in [6.07, 6.45) is 10.5. The van der Waals surface area contributed by atoms with Gasteiger partial charge < -0.3 is 15.1 Å². The molecule has 2 fully saturated rings. The summed E-state index contributed by atoms with van der Waals surface area (Å²) in [6, 6.07) is 1.86. The molecule has 1 aromatic heterocycles. The predicted octanol–water partition coefficient (Wildman–Crippen LogP) is 2.39. The van der Waals surface area contributed by atoms with Gasteiger partial charge in [0.1, 0.15) is 0 Å². The van der Waals surface area contributed by atoms with Crippen LogP contribution < -0.4 is 10.2 Å². The number of aromatic nitrogens is 2. The van der Waals surface area contributed by atoms with Gasteiger partial charge in [0.25, 0.3) is 0 Å². The molecule has 1 aliphatic heterocycles. The van der Waals surface area contributed by atoms with Crippen molar-refractivity contribution in [3.05, 3.63) is 18.5 Å². The topological polar surface area (TPSA) is 56.7 Å². The van der Waals surface area contributed by atoms with Crippen molar-refractivity contribution in [2.24, 2.45) is 16.8 Å². The van der Waals surface area contributed by atoms with Gasteiger partial charge in [0.15, 0.2) is 5.96 Å². The predicted molar refractivity (Wildman–Crippen MR) is 103 cm³/mol. The van der Waals surface area contributed by atoms with E-state index < -0.39 is 0 Å². The number of aliphatic imine (C=N–C) groups is 1. The van der Waals surface area contributed by atoms with E-state index in [1.54, 1.807) is 12.4 Å². The zero-order chi connectivity index (χ0) is 17.5. The summed E-state index contributed by atoms with van der Waals surface area (Å²) in [5, 5.41) is 3.58. The van der Waals surface area contributed by atoms with E-state index in [0.717, 1.165) is 56.5 Å². The molecule has 2 unspecified atom stereocenters. The Bertz CT molecular complexity index is 538. The highest BCUT2D eigenvalue weighted by Crippen LogP contribution is 2.30. The van der Waals surface area contributed by atoms with Gasteiger partial charge in [0, 0.05) is 52.2 Å². The Hall–Kier alpha value is -1.85. The van der Waals surface area contributed by atoms with Gasteiger partial charge in [0.2, 0.25) is 5.95 Å². The molecule has 1 N–H and O–H groups in total. The monoisotopic (exact) mass is 344 g/mol. The number of anilines is 1. The molecule has 6 nitrogen and oxygen atoms in total. The third-order valence-electron chi connectivity index (χ3n) is 5.51. The molecule has 2 aliphatic rings. The third-order valence-corrected chi connectivity index (χ3v) is 5.51. The maximum atomic E-state index is 4.49. The summed E-state index contributed by atoms with van der Waals surface area (Å²) in [5.74, 6) is 3.67. The molecule has 1 aromatic rings. The van der Waals surface area contributed by atoms with Gasteiger partial charge in [-0.1, -0.05) is 26.2 Å². The second-order valence-electron chi connectivity index (χ2n) is 7.42. The highest BCUT2D eigenvalue weighted by molar-refractivity contribution is 5.80. The summed E-state index contributed by atoms with van der Waals surface area (Å²) < 4.78 is 0. The first-order valence-corrected chi connectivity index (χ1v) is 9.74. The summed E-state index contributed by atoms with van der Waals surface area (Å²) in [5.41, 5.74) is 0. The van der Waals surface area contributed by atoms with Crippen LogP contribution in [-0.4, -0.2) is 60.6 Å². The molecule has 1 saturated heterocycles. The first-order chi connectivity index (χ1) is 12.3. The Morgan fingerprint density at radius 2 is 1.96 bits per heavy atom. The number of nitrogens with zero attached hydrogens (tertiary/aromatic N) is 5.